The van der Waals surface area contributed by atoms with E-state index in [0.29, 0.717) is 16.7 Å². The molecule has 98 valence electrons. The van der Waals surface area contributed by atoms with Crippen molar-refractivity contribution in [1.29, 1.82) is 0 Å². The van der Waals surface area contributed by atoms with E-state index in [4.69, 9.17) is 0 Å². The van der Waals surface area contributed by atoms with Crippen molar-refractivity contribution in [1.82, 2.24) is 10.3 Å². The molecule has 0 fully saturated rings. The third-order valence-electron chi connectivity index (χ3n) is 2.91. The van der Waals surface area contributed by atoms with E-state index >= 15 is 0 Å². The highest BCUT2D eigenvalue weighted by Crippen LogP contribution is 2.15. The molecule has 2 rings (SSSR count). The number of aromatic nitrogens is 1. The highest BCUT2D eigenvalue weighted by Gasteiger charge is 2.12. The Bertz CT molecular complexity index is 557. The number of amides is 1. The first kappa shape index (κ1) is 13.7. The van der Waals surface area contributed by atoms with Crippen LogP contribution in [0.25, 0.3) is 0 Å². The largest absolute Gasteiger partial charge is 0.350 e. The average molecular weight is 319 g/mol. The summed E-state index contributed by atoms with van der Waals surface area (Å²) in [5, 5.41) is 2.91. The van der Waals surface area contributed by atoms with Gasteiger partial charge in [0.1, 0.15) is 5.69 Å². The summed E-state index contributed by atoms with van der Waals surface area (Å²) in [5.41, 5.74) is 1.63. The zero-order valence-electron chi connectivity index (χ0n) is 10.6. The fourth-order valence-corrected chi connectivity index (χ4v) is 2.22. The summed E-state index contributed by atoms with van der Waals surface area (Å²) < 4.78 is 0.708. The van der Waals surface area contributed by atoms with Crippen molar-refractivity contribution in [3.8, 4) is 0 Å². The highest BCUT2D eigenvalue weighted by atomic mass is 79.9. The molecule has 0 saturated heterocycles. The molecule has 19 heavy (non-hydrogen) atoms. The number of nitrogens with zero attached hydrogens (tertiary/aromatic N) is 1. The summed E-state index contributed by atoms with van der Waals surface area (Å²) in [6, 6.07) is 13.7. The Kier molecular flexibility index (Phi) is 4.68. The average Bonchev–Trinajstić information content (AvgIpc) is 2.46. The van der Waals surface area contributed by atoms with E-state index in [-0.39, 0.29) is 11.8 Å². The number of benzene rings is 1. The van der Waals surface area contributed by atoms with Crippen LogP contribution in [-0.4, -0.2) is 17.4 Å². The number of hydrogen-bond donors (Lipinski definition) is 1. The van der Waals surface area contributed by atoms with Crippen molar-refractivity contribution in [2.45, 2.75) is 12.8 Å². The van der Waals surface area contributed by atoms with Crippen molar-refractivity contribution < 1.29 is 4.79 Å². The fourth-order valence-electron chi connectivity index (χ4n) is 1.78. The molecule has 1 atom stereocenters. The van der Waals surface area contributed by atoms with E-state index in [0.717, 1.165) is 0 Å². The SMILES string of the molecule is CC(CNC(=O)c1ncccc1Br)c1ccccc1. The second kappa shape index (κ2) is 6.48. The van der Waals surface area contributed by atoms with Crippen LogP contribution in [0, 0.1) is 0 Å². The molecule has 3 nitrogen and oxygen atoms in total. The topological polar surface area (TPSA) is 42.0 Å². The highest BCUT2D eigenvalue weighted by molar-refractivity contribution is 9.10. The van der Waals surface area contributed by atoms with E-state index in [2.05, 4.69) is 45.3 Å². The Labute approximate surface area is 121 Å². The van der Waals surface area contributed by atoms with E-state index in [9.17, 15) is 4.79 Å². The molecule has 1 amide bonds. The lowest BCUT2D eigenvalue weighted by molar-refractivity contribution is 0.0946. The molecular weight excluding hydrogens is 304 g/mol. The maximum atomic E-state index is 12.0. The summed E-state index contributed by atoms with van der Waals surface area (Å²) in [6.45, 7) is 2.68. The van der Waals surface area contributed by atoms with Gasteiger partial charge in [0, 0.05) is 17.2 Å². The van der Waals surface area contributed by atoms with Crippen LogP contribution in [-0.2, 0) is 0 Å². The lowest BCUT2D eigenvalue weighted by Crippen LogP contribution is -2.28. The van der Waals surface area contributed by atoms with E-state index in [1.54, 1.807) is 12.3 Å². The first-order chi connectivity index (χ1) is 9.18. The summed E-state index contributed by atoms with van der Waals surface area (Å²) in [4.78, 5) is 16.1. The van der Waals surface area contributed by atoms with Gasteiger partial charge in [-0.05, 0) is 39.5 Å². The van der Waals surface area contributed by atoms with Gasteiger partial charge < -0.3 is 5.32 Å². The van der Waals surface area contributed by atoms with Crippen LogP contribution in [0.3, 0.4) is 0 Å². The molecule has 1 unspecified atom stereocenters. The predicted octanol–water partition coefficient (Wildman–Crippen LogP) is 3.38. The van der Waals surface area contributed by atoms with Gasteiger partial charge in [0.25, 0.3) is 5.91 Å². The van der Waals surface area contributed by atoms with Crippen LogP contribution in [0.1, 0.15) is 28.9 Å². The van der Waals surface area contributed by atoms with Crippen molar-refractivity contribution in [3.63, 3.8) is 0 Å². The quantitative estimate of drug-likeness (QED) is 0.939. The third-order valence-corrected chi connectivity index (χ3v) is 3.55. The first-order valence-corrected chi connectivity index (χ1v) is 6.91. The minimum absolute atomic E-state index is 0.157. The number of carbonyl (C=O) groups excluding carboxylic acids is 1. The summed E-state index contributed by atoms with van der Waals surface area (Å²) in [5.74, 6) is 0.114. The number of pyridine rings is 1. The minimum atomic E-state index is -0.157. The summed E-state index contributed by atoms with van der Waals surface area (Å²) in [6.07, 6.45) is 1.61. The Morgan fingerprint density at radius 2 is 2.00 bits per heavy atom. The van der Waals surface area contributed by atoms with Crippen LogP contribution >= 0.6 is 15.9 Å². The van der Waals surface area contributed by atoms with Gasteiger partial charge in [-0.3, -0.25) is 4.79 Å². The van der Waals surface area contributed by atoms with Crippen molar-refractivity contribution in [2.24, 2.45) is 0 Å². The second-order valence-corrected chi connectivity index (χ2v) is 5.21. The smallest absolute Gasteiger partial charge is 0.271 e. The lowest BCUT2D eigenvalue weighted by atomic mass is 10.0. The van der Waals surface area contributed by atoms with Gasteiger partial charge in [-0.15, -0.1) is 0 Å². The van der Waals surface area contributed by atoms with Crippen molar-refractivity contribution in [2.75, 3.05) is 6.54 Å². The Hall–Kier alpha value is -1.68. The Morgan fingerprint density at radius 3 is 2.68 bits per heavy atom. The van der Waals surface area contributed by atoms with Crippen LogP contribution in [0.2, 0.25) is 0 Å². The van der Waals surface area contributed by atoms with E-state index in [1.807, 2.05) is 24.3 Å². The van der Waals surface area contributed by atoms with Crippen LogP contribution in [0.4, 0.5) is 0 Å². The number of carbonyl (C=O) groups is 1. The monoisotopic (exact) mass is 318 g/mol. The normalized spacial score (nSPS) is 11.9. The molecule has 0 bridgehead atoms. The lowest BCUT2D eigenvalue weighted by Gasteiger charge is -2.13. The standard InChI is InChI=1S/C15H15BrN2O/c1-11(12-6-3-2-4-7-12)10-18-15(19)14-13(16)8-5-9-17-14/h2-9,11H,10H2,1H3,(H,18,19). The van der Waals surface area contributed by atoms with Gasteiger partial charge in [0.15, 0.2) is 0 Å². The van der Waals surface area contributed by atoms with Gasteiger partial charge in [-0.1, -0.05) is 37.3 Å². The molecule has 0 saturated carbocycles. The third kappa shape index (κ3) is 3.64. The van der Waals surface area contributed by atoms with Crippen LogP contribution in [0.5, 0.6) is 0 Å². The van der Waals surface area contributed by atoms with Gasteiger partial charge in [0.05, 0.1) is 0 Å². The minimum Gasteiger partial charge on any atom is -0.350 e. The fraction of sp³-hybridized carbons (Fsp3) is 0.200. The zero-order chi connectivity index (χ0) is 13.7. The molecule has 0 aliphatic rings. The summed E-state index contributed by atoms with van der Waals surface area (Å²) in [7, 11) is 0. The molecule has 0 spiro atoms. The molecular formula is C15H15BrN2O. The van der Waals surface area contributed by atoms with Crippen LogP contribution in [0.15, 0.2) is 53.1 Å². The van der Waals surface area contributed by atoms with Crippen LogP contribution < -0.4 is 5.32 Å². The zero-order valence-corrected chi connectivity index (χ0v) is 12.2. The Morgan fingerprint density at radius 1 is 1.26 bits per heavy atom. The molecule has 1 N–H and O–H groups in total. The second-order valence-electron chi connectivity index (χ2n) is 4.36. The maximum absolute atomic E-state index is 12.0. The molecule has 1 heterocycles. The molecule has 2 aromatic rings. The molecule has 0 aliphatic carbocycles. The van der Waals surface area contributed by atoms with Gasteiger partial charge in [0.2, 0.25) is 0 Å². The molecule has 1 aromatic carbocycles. The van der Waals surface area contributed by atoms with Gasteiger partial charge >= 0.3 is 0 Å². The predicted molar refractivity (Wildman–Crippen MR) is 79.1 cm³/mol. The van der Waals surface area contributed by atoms with E-state index in [1.165, 1.54) is 5.56 Å². The van der Waals surface area contributed by atoms with Gasteiger partial charge in [-0.25, -0.2) is 4.98 Å². The Balaban J connectivity index is 1.96. The first-order valence-electron chi connectivity index (χ1n) is 6.12. The van der Waals surface area contributed by atoms with Crippen molar-refractivity contribution in [3.05, 3.63) is 64.4 Å². The van der Waals surface area contributed by atoms with Crippen molar-refractivity contribution >= 4 is 21.8 Å². The number of halogens is 1. The molecule has 1 aromatic heterocycles. The van der Waals surface area contributed by atoms with Gasteiger partial charge in [-0.2, -0.15) is 0 Å². The maximum Gasteiger partial charge on any atom is 0.271 e. The number of rotatable bonds is 4. The molecule has 4 heteroatoms. The number of nitrogens with one attached hydrogen (secondary N) is 1. The van der Waals surface area contributed by atoms with E-state index < -0.39 is 0 Å². The number of hydrogen-bond acceptors (Lipinski definition) is 2. The molecule has 0 aliphatic heterocycles. The molecule has 0 radical (unpaired) electrons. The summed E-state index contributed by atoms with van der Waals surface area (Å²) >= 11 is 3.33.